The van der Waals surface area contributed by atoms with Crippen molar-refractivity contribution in [3.05, 3.63) is 162 Å². The number of hydrogen-bond acceptors (Lipinski definition) is 6. The summed E-state index contributed by atoms with van der Waals surface area (Å²) in [7, 11) is 0. The van der Waals surface area contributed by atoms with Crippen LogP contribution in [0.3, 0.4) is 0 Å². The van der Waals surface area contributed by atoms with Crippen molar-refractivity contribution >= 4 is 51.4 Å². The van der Waals surface area contributed by atoms with E-state index in [9.17, 15) is 4.79 Å². The Bertz CT molecular complexity index is 2180. The Morgan fingerprint density at radius 2 is 1.37 bits per heavy atom. The minimum atomic E-state index is -0.0933. The van der Waals surface area contributed by atoms with Crippen molar-refractivity contribution in [3.8, 4) is 11.5 Å². The summed E-state index contributed by atoms with van der Waals surface area (Å²) in [6.45, 7) is 2.79. The summed E-state index contributed by atoms with van der Waals surface area (Å²) in [5, 5.41) is 2.38. The summed E-state index contributed by atoms with van der Waals surface area (Å²) in [6, 6.07) is 41.5. The lowest BCUT2D eigenvalue weighted by Gasteiger charge is -2.22. The molecule has 7 nitrogen and oxygen atoms in total. The number of carbonyl (C=O) groups excluding carboxylic acids is 1. The molecule has 0 radical (unpaired) electrons. The van der Waals surface area contributed by atoms with Crippen LogP contribution < -0.4 is 14.2 Å². The van der Waals surface area contributed by atoms with Crippen LogP contribution in [-0.2, 0) is 6.54 Å². The lowest BCUT2D eigenvalue weighted by atomic mass is 9.84. The van der Waals surface area contributed by atoms with Crippen molar-refractivity contribution in [2.45, 2.75) is 17.4 Å². The fourth-order valence-corrected chi connectivity index (χ4v) is 8.38. The molecule has 1 aliphatic heterocycles. The molecule has 0 saturated carbocycles. The monoisotopic (exact) mass is 710 g/mol. The molecule has 3 heterocycles. The van der Waals surface area contributed by atoms with E-state index < -0.39 is 0 Å². The number of fused-ring (bicyclic) bond motifs is 3. The van der Waals surface area contributed by atoms with Crippen LogP contribution in [0.1, 0.15) is 38.5 Å². The van der Waals surface area contributed by atoms with Gasteiger partial charge in [-0.15, -0.1) is 11.8 Å². The molecule has 0 atom stereocenters. The molecule has 51 heavy (non-hydrogen) atoms. The fourth-order valence-electron chi connectivity index (χ4n) is 6.75. The SMILES string of the molecule is O=C(NSCCN(CCSc1ccccc1)Cc1ccc2c(c1)OCO2)c1ccc(C(c2c[nH]c3ccccc23)c2c[nH]c3ccccc23)cc1. The quantitative estimate of drug-likeness (QED) is 0.0593. The lowest BCUT2D eigenvalue weighted by molar-refractivity contribution is 0.0984. The number of para-hydroxylation sites is 2. The first-order valence-electron chi connectivity index (χ1n) is 17.1. The number of nitrogens with one attached hydrogen (secondary N) is 3. The molecule has 0 unspecified atom stereocenters. The van der Waals surface area contributed by atoms with Crippen LogP contribution in [0.15, 0.2) is 139 Å². The van der Waals surface area contributed by atoms with Crippen molar-refractivity contribution in [1.29, 1.82) is 0 Å². The van der Waals surface area contributed by atoms with Gasteiger partial charge in [-0.05, 0) is 82.7 Å². The van der Waals surface area contributed by atoms with E-state index in [1.165, 1.54) is 44.3 Å². The molecule has 9 heteroatoms. The molecular formula is C42H38N4O3S2. The first kappa shape index (κ1) is 33.1. The number of thioether (sulfide) groups is 1. The summed E-state index contributed by atoms with van der Waals surface area (Å²) in [5.74, 6) is 3.21. The van der Waals surface area contributed by atoms with Crippen LogP contribution in [0.4, 0.5) is 0 Å². The largest absolute Gasteiger partial charge is 0.454 e. The Balaban J connectivity index is 0.928. The van der Waals surface area contributed by atoms with Crippen molar-refractivity contribution in [2.24, 2.45) is 0 Å². The first-order chi connectivity index (χ1) is 25.2. The van der Waals surface area contributed by atoms with Gasteiger partial charge in [0.2, 0.25) is 6.79 Å². The van der Waals surface area contributed by atoms with Gasteiger partial charge in [0.1, 0.15) is 0 Å². The zero-order valence-electron chi connectivity index (χ0n) is 28.0. The molecule has 3 N–H and O–H groups in total. The van der Waals surface area contributed by atoms with Gasteiger partial charge in [-0.2, -0.15) is 0 Å². The van der Waals surface area contributed by atoms with Crippen molar-refractivity contribution in [3.63, 3.8) is 0 Å². The van der Waals surface area contributed by atoms with Crippen molar-refractivity contribution in [1.82, 2.24) is 19.6 Å². The number of aromatic amines is 2. The summed E-state index contributed by atoms with van der Waals surface area (Å²) < 4.78 is 14.2. The Hall–Kier alpha value is -5.09. The average Bonchev–Trinajstić information content (AvgIpc) is 3.93. The number of H-pyrrole nitrogens is 2. The second kappa shape index (κ2) is 15.4. The first-order valence-corrected chi connectivity index (χ1v) is 19.1. The highest BCUT2D eigenvalue weighted by Crippen LogP contribution is 2.39. The maximum atomic E-state index is 13.3. The van der Waals surface area contributed by atoms with E-state index in [0.29, 0.717) is 5.56 Å². The number of carbonyl (C=O) groups is 1. The zero-order valence-corrected chi connectivity index (χ0v) is 29.6. The minimum Gasteiger partial charge on any atom is -0.454 e. The van der Waals surface area contributed by atoms with Gasteiger partial charge in [0.15, 0.2) is 11.5 Å². The topological polar surface area (TPSA) is 82.4 Å². The molecule has 0 bridgehead atoms. The second-order valence-electron chi connectivity index (χ2n) is 12.5. The van der Waals surface area contributed by atoms with E-state index >= 15 is 0 Å². The third-order valence-corrected chi connectivity index (χ3v) is 11.0. The molecule has 0 aliphatic carbocycles. The van der Waals surface area contributed by atoms with Crippen LogP contribution in [-0.4, -0.2) is 52.2 Å². The van der Waals surface area contributed by atoms with E-state index in [4.69, 9.17) is 9.47 Å². The van der Waals surface area contributed by atoms with Crippen LogP contribution in [0.2, 0.25) is 0 Å². The number of hydrogen-bond donors (Lipinski definition) is 3. The van der Waals surface area contributed by atoms with Gasteiger partial charge in [-0.25, -0.2) is 0 Å². The molecule has 256 valence electrons. The molecule has 1 aliphatic rings. The summed E-state index contributed by atoms with van der Waals surface area (Å²) in [4.78, 5) is 23.9. The normalized spacial score (nSPS) is 12.4. The summed E-state index contributed by atoms with van der Waals surface area (Å²) >= 11 is 3.31. The van der Waals surface area contributed by atoms with Crippen LogP contribution in [0.5, 0.6) is 11.5 Å². The van der Waals surface area contributed by atoms with Gasteiger partial charge in [-0.3, -0.25) is 14.4 Å². The third-order valence-electron chi connectivity index (χ3n) is 9.31. The molecule has 0 fully saturated rings. The van der Waals surface area contributed by atoms with Gasteiger partial charge < -0.3 is 19.4 Å². The number of amides is 1. The molecule has 7 aromatic rings. The molecule has 5 aromatic carbocycles. The van der Waals surface area contributed by atoms with E-state index in [1.807, 2.05) is 36.0 Å². The smallest absolute Gasteiger partial charge is 0.261 e. The van der Waals surface area contributed by atoms with Gasteiger partial charge in [0.05, 0.1) is 0 Å². The van der Waals surface area contributed by atoms with Gasteiger partial charge in [0.25, 0.3) is 5.91 Å². The van der Waals surface area contributed by atoms with Crippen LogP contribution >= 0.6 is 23.7 Å². The highest BCUT2D eigenvalue weighted by atomic mass is 32.2. The van der Waals surface area contributed by atoms with Crippen LogP contribution in [0.25, 0.3) is 21.8 Å². The van der Waals surface area contributed by atoms with Crippen LogP contribution in [0, 0.1) is 0 Å². The standard InChI is InChI=1S/C42H38N4O3S2/c47-42(45-51-23-21-46(20-22-50-32-8-2-1-3-9-32)27-29-14-19-39-40(24-29)49-28-48-39)31-17-15-30(16-18-31)41(35-25-43-37-12-6-4-10-33(35)37)36-26-44-38-13-7-5-11-34(36)38/h1-19,24-26,41,43-44H,20-23,27-28H2,(H,45,47). The molecule has 0 saturated heterocycles. The predicted molar refractivity (Wildman–Crippen MR) is 209 cm³/mol. The van der Waals surface area contributed by atoms with E-state index in [0.717, 1.165) is 59.2 Å². The van der Waals surface area contributed by atoms with Gasteiger partial charge >= 0.3 is 0 Å². The third kappa shape index (κ3) is 7.51. The lowest BCUT2D eigenvalue weighted by Crippen LogP contribution is -2.29. The number of ether oxygens (including phenoxy) is 2. The second-order valence-corrected chi connectivity index (χ2v) is 14.6. The molecule has 2 aromatic heterocycles. The molecule has 1 amide bonds. The summed E-state index contributed by atoms with van der Waals surface area (Å²) in [6.07, 6.45) is 4.23. The molecular weight excluding hydrogens is 673 g/mol. The maximum Gasteiger partial charge on any atom is 0.261 e. The maximum absolute atomic E-state index is 13.3. The Labute approximate surface area is 305 Å². The van der Waals surface area contributed by atoms with E-state index in [2.05, 4.69) is 129 Å². The van der Waals surface area contributed by atoms with Gasteiger partial charge in [-0.1, -0.05) is 72.8 Å². The predicted octanol–water partition coefficient (Wildman–Crippen LogP) is 9.23. The number of nitrogens with zero attached hydrogens (tertiary/aromatic N) is 1. The minimum absolute atomic E-state index is 0.0143. The summed E-state index contributed by atoms with van der Waals surface area (Å²) in [5.41, 5.74) is 7.56. The number of benzene rings is 5. The van der Waals surface area contributed by atoms with Gasteiger partial charge in [0, 0.05) is 81.7 Å². The Morgan fingerprint density at radius 1 is 0.725 bits per heavy atom. The molecule has 8 rings (SSSR count). The molecule has 0 spiro atoms. The van der Waals surface area contributed by atoms with E-state index in [-0.39, 0.29) is 18.6 Å². The average molecular weight is 711 g/mol. The van der Waals surface area contributed by atoms with Crippen molar-refractivity contribution < 1.29 is 14.3 Å². The zero-order chi connectivity index (χ0) is 34.4. The highest BCUT2D eigenvalue weighted by molar-refractivity contribution is 7.99. The van der Waals surface area contributed by atoms with Crippen molar-refractivity contribution in [2.75, 3.05) is 31.4 Å². The van der Waals surface area contributed by atoms with E-state index in [1.54, 1.807) is 0 Å². The Morgan fingerprint density at radius 3 is 2.10 bits per heavy atom. The number of aromatic nitrogens is 2. The fraction of sp³-hybridized carbons (Fsp3) is 0.167. The highest BCUT2D eigenvalue weighted by Gasteiger charge is 2.23. The number of rotatable bonds is 14. The Kier molecular flexibility index (Phi) is 10.0.